The third-order valence-electron chi connectivity index (χ3n) is 4.49. The van der Waals surface area contributed by atoms with E-state index in [0.717, 1.165) is 13.1 Å². The molecule has 8 heteroatoms. The molecule has 2 N–H and O–H groups in total. The molecule has 27 heavy (non-hydrogen) atoms. The van der Waals surface area contributed by atoms with Crippen LogP contribution in [-0.4, -0.2) is 52.6 Å². The summed E-state index contributed by atoms with van der Waals surface area (Å²) in [5.41, 5.74) is 1.15. The van der Waals surface area contributed by atoms with Crippen LogP contribution in [0.1, 0.15) is 5.56 Å². The number of hydrogen-bond donors (Lipinski definition) is 2. The van der Waals surface area contributed by atoms with Gasteiger partial charge in [0.1, 0.15) is 5.75 Å². The summed E-state index contributed by atoms with van der Waals surface area (Å²) < 4.78 is 30.9. The molecule has 0 saturated carbocycles. The highest BCUT2D eigenvalue weighted by Gasteiger charge is 2.21. The van der Waals surface area contributed by atoms with Crippen LogP contribution < -0.4 is 15.4 Å². The van der Waals surface area contributed by atoms with Gasteiger partial charge in [0, 0.05) is 31.9 Å². The van der Waals surface area contributed by atoms with E-state index in [-0.39, 0.29) is 15.8 Å². The largest absolute Gasteiger partial charge is 0.497 e. The number of rotatable bonds is 4. The molecule has 0 radical (unpaired) electrons. The number of hydrogen-bond acceptors (Lipinski definition) is 5. The third-order valence-corrected chi connectivity index (χ3v) is 6.42. The zero-order valence-corrected chi connectivity index (χ0v) is 16.2. The molecule has 1 aliphatic heterocycles. The van der Waals surface area contributed by atoms with Gasteiger partial charge in [-0.25, -0.2) is 13.2 Å². The van der Waals surface area contributed by atoms with E-state index >= 15 is 0 Å². The number of nitrogens with one attached hydrogen (secondary N) is 2. The van der Waals surface area contributed by atoms with Crippen molar-refractivity contribution in [3.05, 3.63) is 48.0 Å². The normalized spacial score (nSPS) is 14.7. The minimum atomic E-state index is -3.65. The number of urea groups is 1. The van der Waals surface area contributed by atoms with Gasteiger partial charge >= 0.3 is 6.03 Å². The predicted molar refractivity (Wildman–Crippen MR) is 103 cm³/mol. The molecule has 0 aromatic heterocycles. The fraction of sp³-hybridized carbons (Fsp3) is 0.316. The van der Waals surface area contributed by atoms with Gasteiger partial charge in [-0.1, -0.05) is 0 Å². The highest BCUT2D eigenvalue weighted by molar-refractivity contribution is 7.91. The van der Waals surface area contributed by atoms with Crippen molar-refractivity contribution < 1.29 is 17.9 Å². The molecule has 1 saturated heterocycles. The molecule has 0 unspecified atom stereocenters. The number of carbonyl (C=O) groups excluding carboxylic acids is 1. The van der Waals surface area contributed by atoms with Gasteiger partial charge in [-0.2, -0.15) is 0 Å². The number of carbonyl (C=O) groups is 1. The molecule has 0 spiro atoms. The number of benzene rings is 2. The Hall–Kier alpha value is -2.58. The molecule has 2 aromatic rings. The van der Waals surface area contributed by atoms with Gasteiger partial charge < -0.3 is 20.3 Å². The second kappa shape index (κ2) is 7.98. The smallest absolute Gasteiger partial charge is 0.321 e. The summed E-state index contributed by atoms with van der Waals surface area (Å²) in [7, 11) is -2.12. The number of nitrogens with zero attached hydrogens (tertiary/aromatic N) is 1. The van der Waals surface area contributed by atoms with Crippen LogP contribution in [0, 0.1) is 6.92 Å². The second-order valence-corrected chi connectivity index (χ2v) is 8.24. The summed E-state index contributed by atoms with van der Waals surface area (Å²) in [6.07, 6.45) is 0. The van der Waals surface area contributed by atoms with Gasteiger partial charge in [0.05, 0.1) is 16.9 Å². The number of piperazine rings is 1. The first-order chi connectivity index (χ1) is 12.9. The molecule has 0 bridgehead atoms. The standard InChI is InChI=1S/C19H23N3O4S/c1-14-13-15(21-19(23)22-11-9-20-10-12-22)3-8-18(14)27(24,25)17-6-4-16(26-2)5-7-17/h3-8,13,20H,9-12H2,1-2H3,(H,21,23). The van der Waals surface area contributed by atoms with Crippen LogP contribution in [0.3, 0.4) is 0 Å². The van der Waals surface area contributed by atoms with E-state index in [9.17, 15) is 13.2 Å². The predicted octanol–water partition coefficient (Wildman–Crippen LogP) is 2.27. The van der Waals surface area contributed by atoms with Gasteiger partial charge in [0.25, 0.3) is 0 Å². The zero-order chi connectivity index (χ0) is 19.4. The molecule has 0 aliphatic carbocycles. The van der Waals surface area contributed by atoms with Crippen LogP contribution in [0.2, 0.25) is 0 Å². The van der Waals surface area contributed by atoms with Crippen LogP contribution in [0.25, 0.3) is 0 Å². The van der Waals surface area contributed by atoms with Crippen LogP contribution >= 0.6 is 0 Å². The number of amides is 2. The molecule has 1 aliphatic rings. The maximum Gasteiger partial charge on any atom is 0.321 e. The number of ether oxygens (including phenoxy) is 1. The first-order valence-electron chi connectivity index (χ1n) is 8.68. The van der Waals surface area contributed by atoms with Gasteiger partial charge in [-0.05, 0) is 55.0 Å². The van der Waals surface area contributed by atoms with E-state index in [1.165, 1.54) is 25.3 Å². The van der Waals surface area contributed by atoms with Gasteiger partial charge in [-0.3, -0.25) is 0 Å². The average Bonchev–Trinajstić information content (AvgIpc) is 2.68. The number of sulfone groups is 1. The molecular formula is C19H23N3O4S. The molecule has 2 amide bonds. The fourth-order valence-corrected chi connectivity index (χ4v) is 4.46. The first-order valence-corrected chi connectivity index (χ1v) is 10.2. The van der Waals surface area contributed by atoms with E-state index in [4.69, 9.17) is 4.74 Å². The minimum Gasteiger partial charge on any atom is -0.497 e. The Morgan fingerprint density at radius 1 is 1.11 bits per heavy atom. The summed E-state index contributed by atoms with van der Waals surface area (Å²) in [5, 5.41) is 6.03. The highest BCUT2D eigenvalue weighted by Crippen LogP contribution is 2.27. The summed E-state index contributed by atoms with van der Waals surface area (Å²) >= 11 is 0. The maximum atomic E-state index is 12.9. The zero-order valence-electron chi connectivity index (χ0n) is 15.4. The molecular weight excluding hydrogens is 366 g/mol. The molecule has 1 heterocycles. The number of anilines is 1. The van der Waals surface area contributed by atoms with Crippen LogP contribution in [0.4, 0.5) is 10.5 Å². The van der Waals surface area contributed by atoms with E-state index in [1.807, 2.05) is 0 Å². The highest BCUT2D eigenvalue weighted by atomic mass is 32.2. The Labute approximate surface area is 159 Å². The van der Waals surface area contributed by atoms with Gasteiger partial charge in [0.2, 0.25) is 9.84 Å². The Morgan fingerprint density at radius 3 is 2.37 bits per heavy atom. The average molecular weight is 389 g/mol. The van der Waals surface area contributed by atoms with Crippen LogP contribution in [0.15, 0.2) is 52.3 Å². The Balaban J connectivity index is 1.80. The molecule has 144 valence electrons. The maximum absolute atomic E-state index is 12.9. The molecule has 3 rings (SSSR count). The van der Waals surface area contributed by atoms with E-state index in [1.54, 1.807) is 36.1 Å². The van der Waals surface area contributed by atoms with E-state index in [2.05, 4.69) is 10.6 Å². The SMILES string of the molecule is COc1ccc(S(=O)(=O)c2ccc(NC(=O)N3CCNCC3)cc2C)cc1. The van der Waals surface area contributed by atoms with Crippen LogP contribution in [-0.2, 0) is 9.84 Å². The lowest BCUT2D eigenvalue weighted by Gasteiger charge is -2.27. The van der Waals surface area contributed by atoms with Crippen molar-refractivity contribution in [1.29, 1.82) is 0 Å². The summed E-state index contributed by atoms with van der Waals surface area (Å²) in [6, 6.07) is 10.9. The first kappa shape index (κ1) is 19.2. The Bertz CT molecular complexity index is 920. The van der Waals surface area contributed by atoms with Crippen molar-refractivity contribution in [2.75, 3.05) is 38.6 Å². The monoisotopic (exact) mass is 389 g/mol. The van der Waals surface area contributed by atoms with Crippen molar-refractivity contribution in [2.45, 2.75) is 16.7 Å². The lowest BCUT2D eigenvalue weighted by atomic mass is 10.2. The summed E-state index contributed by atoms with van der Waals surface area (Å²) in [4.78, 5) is 14.4. The molecule has 2 aromatic carbocycles. The third kappa shape index (κ3) is 4.23. The van der Waals surface area contributed by atoms with Gasteiger partial charge in [0.15, 0.2) is 0 Å². The van der Waals surface area contributed by atoms with Gasteiger partial charge in [-0.15, -0.1) is 0 Å². The summed E-state index contributed by atoms with van der Waals surface area (Å²) in [6.45, 7) is 4.55. The fourth-order valence-electron chi connectivity index (χ4n) is 2.98. The molecule has 1 fully saturated rings. The Morgan fingerprint density at radius 2 is 1.78 bits per heavy atom. The second-order valence-electron chi connectivity index (χ2n) is 6.33. The van der Waals surface area contributed by atoms with Crippen molar-refractivity contribution in [2.24, 2.45) is 0 Å². The summed E-state index contributed by atoms with van der Waals surface area (Å²) in [5.74, 6) is 0.594. The van der Waals surface area contributed by atoms with Crippen molar-refractivity contribution in [3.8, 4) is 5.75 Å². The molecule has 0 atom stereocenters. The quantitative estimate of drug-likeness (QED) is 0.838. The molecule has 7 nitrogen and oxygen atoms in total. The lowest BCUT2D eigenvalue weighted by molar-refractivity contribution is 0.204. The number of aryl methyl sites for hydroxylation is 1. The van der Waals surface area contributed by atoms with Crippen molar-refractivity contribution in [1.82, 2.24) is 10.2 Å². The Kier molecular flexibility index (Phi) is 5.67. The minimum absolute atomic E-state index is 0.179. The van der Waals surface area contributed by atoms with Crippen molar-refractivity contribution >= 4 is 21.6 Å². The lowest BCUT2D eigenvalue weighted by Crippen LogP contribution is -2.48. The van der Waals surface area contributed by atoms with E-state index < -0.39 is 9.84 Å². The van der Waals surface area contributed by atoms with E-state index in [0.29, 0.717) is 30.1 Å². The number of methoxy groups -OCH3 is 1. The van der Waals surface area contributed by atoms with Crippen LogP contribution in [0.5, 0.6) is 5.75 Å². The topological polar surface area (TPSA) is 87.7 Å². The van der Waals surface area contributed by atoms with Crippen molar-refractivity contribution in [3.63, 3.8) is 0 Å².